The van der Waals surface area contributed by atoms with Crippen molar-refractivity contribution >= 4 is 39.4 Å². The summed E-state index contributed by atoms with van der Waals surface area (Å²) in [4.78, 5) is 39.3. The number of fused-ring (bicyclic) bond motifs is 3. The van der Waals surface area contributed by atoms with E-state index in [2.05, 4.69) is 28.3 Å². The minimum atomic E-state index is -0.947. The molecule has 230 valence electrons. The molecule has 0 aliphatic carbocycles. The van der Waals surface area contributed by atoms with E-state index in [0.717, 1.165) is 40.9 Å². The van der Waals surface area contributed by atoms with Crippen molar-refractivity contribution in [2.75, 3.05) is 45.6 Å². The van der Waals surface area contributed by atoms with Gasteiger partial charge in [-0.1, -0.05) is 44.2 Å². The first-order valence-electron chi connectivity index (χ1n) is 14.9. The maximum absolute atomic E-state index is 13.8. The zero-order valence-corrected chi connectivity index (χ0v) is 26.2. The van der Waals surface area contributed by atoms with Crippen LogP contribution in [0.5, 0.6) is 5.75 Å². The maximum atomic E-state index is 13.8. The fourth-order valence-electron chi connectivity index (χ4n) is 5.08. The summed E-state index contributed by atoms with van der Waals surface area (Å²) < 4.78 is 13.6. The zero-order chi connectivity index (χ0) is 31.1. The number of amides is 1. The van der Waals surface area contributed by atoms with Crippen molar-refractivity contribution in [2.24, 2.45) is 0 Å². The molecule has 2 N–H and O–H groups in total. The third kappa shape index (κ3) is 7.50. The van der Waals surface area contributed by atoms with E-state index in [1.807, 2.05) is 53.4 Å². The predicted molar refractivity (Wildman–Crippen MR) is 170 cm³/mol. The van der Waals surface area contributed by atoms with Gasteiger partial charge in [0.05, 0.1) is 24.2 Å². The highest BCUT2D eigenvalue weighted by Gasteiger charge is 2.26. The van der Waals surface area contributed by atoms with Gasteiger partial charge in [0.2, 0.25) is 5.91 Å². The number of nitrogen functional groups attached to an aromatic ring is 1. The van der Waals surface area contributed by atoms with Crippen LogP contribution >= 0.6 is 0 Å². The lowest BCUT2D eigenvalue weighted by Crippen LogP contribution is -2.41. The van der Waals surface area contributed by atoms with E-state index in [4.69, 9.17) is 20.2 Å². The van der Waals surface area contributed by atoms with E-state index >= 15 is 0 Å². The molecule has 0 saturated carbocycles. The molecule has 0 spiro atoms. The molecule has 0 radical (unpaired) electrons. The molecule has 2 aromatic heterocycles. The van der Waals surface area contributed by atoms with Crippen molar-refractivity contribution in [3.63, 3.8) is 0 Å². The van der Waals surface area contributed by atoms with Crippen LogP contribution < -0.4 is 10.5 Å². The van der Waals surface area contributed by atoms with Gasteiger partial charge in [-0.15, -0.1) is 0 Å². The number of rotatable bonds is 15. The minimum absolute atomic E-state index is 0.0352. The van der Waals surface area contributed by atoms with Crippen LogP contribution in [0.1, 0.15) is 46.0 Å². The smallest absolute Gasteiger partial charge is 0.237 e. The Morgan fingerprint density at radius 3 is 2.49 bits per heavy atom. The number of Topliss-reactive ketones (excluding diaryl/α,β-unsaturated/α-hetero) is 1. The number of methoxy groups -OCH3 is 1. The molecular formula is C33H44N6O4. The van der Waals surface area contributed by atoms with Crippen molar-refractivity contribution in [3.05, 3.63) is 59.9 Å². The molecule has 43 heavy (non-hydrogen) atoms. The minimum Gasteiger partial charge on any atom is -0.480 e. The van der Waals surface area contributed by atoms with E-state index in [0.29, 0.717) is 56.3 Å². The van der Waals surface area contributed by atoms with Gasteiger partial charge in [0.15, 0.2) is 17.2 Å². The molecule has 2 aromatic carbocycles. The Hall–Kier alpha value is -4.02. The number of nitrogens with zero attached hydrogens (tertiary/aromatic N) is 5. The Bertz CT molecular complexity index is 1580. The largest absolute Gasteiger partial charge is 0.480 e. The van der Waals surface area contributed by atoms with Crippen LogP contribution in [0, 0.1) is 0 Å². The highest BCUT2D eigenvalue weighted by Crippen LogP contribution is 2.29. The number of ketones is 1. The van der Waals surface area contributed by atoms with Crippen LogP contribution in [0.2, 0.25) is 0 Å². The second-order valence-electron chi connectivity index (χ2n) is 11.2. The molecule has 0 aliphatic heterocycles. The van der Waals surface area contributed by atoms with Crippen LogP contribution in [0.25, 0.3) is 21.9 Å². The van der Waals surface area contributed by atoms with Crippen LogP contribution in [0.4, 0.5) is 5.82 Å². The van der Waals surface area contributed by atoms with Crippen molar-refractivity contribution in [2.45, 2.75) is 59.7 Å². The molecule has 10 nitrogen and oxygen atoms in total. The van der Waals surface area contributed by atoms with Crippen molar-refractivity contribution in [3.8, 4) is 5.75 Å². The summed E-state index contributed by atoms with van der Waals surface area (Å²) in [6.45, 7) is 12.9. The zero-order valence-electron chi connectivity index (χ0n) is 26.2. The Labute approximate surface area is 253 Å². The Kier molecular flexibility index (Phi) is 10.4. The number of imidazole rings is 1. The van der Waals surface area contributed by atoms with E-state index in [9.17, 15) is 9.59 Å². The first-order valence-corrected chi connectivity index (χ1v) is 14.9. The summed E-state index contributed by atoms with van der Waals surface area (Å²) in [5.74, 6) is 1.78. The molecule has 0 saturated heterocycles. The predicted octanol–water partition coefficient (Wildman–Crippen LogP) is 4.47. The third-order valence-corrected chi connectivity index (χ3v) is 7.91. The Morgan fingerprint density at radius 2 is 1.79 bits per heavy atom. The fraction of sp³-hybridized carbons (Fsp3) is 0.455. The second kappa shape index (κ2) is 14.0. The van der Waals surface area contributed by atoms with Gasteiger partial charge < -0.3 is 24.7 Å². The van der Waals surface area contributed by atoms with Crippen molar-refractivity contribution in [1.82, 2.24) is 24.3 Å². The quantitative estimate of drug-likeness (QED) is 0.216. The summed E-state index contributed by atoms with van der Waals surface area (Å²) >= 11 is 0. The van der Waals surface area contributed by atoms with Gasteiger partial charge in [-0.2, -0.15) is 0 Å². The standard InChI is InChI=1S/C33H44N6O4/c1-7-37(8-2)22-29(41)38(21-24-12-11-13-25(20-24)43-33(4,5)23(3)40)17-18-39-28(16-19-42-6)36-30-31(39)26-14-9-10-15-27(26)35-32(30)34/h9-15,20H,7-8,16-19,21-22H2,1-6H3,(H2,34,35). The molecule has 0 bridgehead atoms. The van der Waals surface area contributed by atoms with Crippen LogP contribution in [0.3, 0.4) is 0 Å². The second-order valence-corrected chi connectivity index (χ2v) is 11.2. The van der Waals surface area contributed by atoms with E-state index in [-0.39, 0.29) is 11.7 Å². The van der Waals surface area contributed by atoms with E-state index in [1.54, 1.807) is 21.0 Å². The van der Waals surface area contributed by atoms with Crippen LogP contribution in [-0.4, -0.2) is 81.5 Å². The molecule has 4 rings (SSSR count). The third-order valence-electron chi connectivity index (χ3n) is 7.91. The lowest BCUT2D eigenvalue weighted by molar-refractivity contribution is -0.133. The topological polar surface area (TPSA) is 116 Å². The van der Waals surface area contributed by atoms with Crippen molar-refractivity contribution in [1.29, 1.82) is 0 Å². The number of pyridine rings is 1. The SMILES string of the molecule is CCN(CC)CC(=O)N(CCn1c(CCOC)nc2c(N)nc3ccccc3c21)Cc1cccc(OC(C)(C)C(C)=O)c1. The number of hydrogen-bond donors (Lipinski definition) is 1. The molecule has 1 amide bonds. The first-order chi connectivity index (χ1) is 20.6. The molecule has 2 heterocycles. The lowest BCUT2D eigenvalue weighted by atomic mass is 10.1. The van der Waals surface area contributed by atoms with Crippen molar-refractivity contribution < 1.29 is 19.1 Å². The average molecular weight is 589 g/mol. The number of para-hydroxylation sites is 1. The monoisotopic (exact) mass is 588 g/mol. The van der Waals surface area contributed by atoms with Crippen LogP contribution in [-0.2, 0) is 33.8 Å². The summed E-state index contributed by atoms with van der Waals surface area (Å²) in [7, 11) is 1.67. The number of hydrogen-bond acceptors (Lipinski definition) is 8. The van der Waals surface area contributed by atoms with Gasteiger partial charge in [-0.3, -0.25) is 14.5 Å². The summed E-state index contributed by atoms with van der Waals surface area (Å²) in [5, 5.41) is 0.960. The highest BCUT2D eigenvalue weighted by atomic mass is 16.5. The first kappa shape index (κ1) is 31.9. The number of carbonyl (C=O) groups excluding carboxylic acids is 2. The molecule has 0 aliphatic rings. The van der Waals surface area contributed by atoms with Gasteiger partial charge in [-0.05, 0) is 57.6 Å². The summed E-state index contributed by atoms with van der Waals surface area (Å²) in [6, 6.07) is 15.5. The van der Waals surface area contributed by atoms with Crippen LogP contribution in [0.15, 0.2) is 48.5 Å². The van der Waals surface area contributed by atoms with Gasteiger partial charge in [0.25, 0.3) is 0 Å². The number of carbonyl (C=O) groups is 2. The molecule has 0 atom stereocenters. The summed E-state index contributed by atoms with van der Waals surface area (Å²) in [5.41, 5.74) is 8.71. The van der Waals surface area contributed by atoms with Gasteiger partial charge in [0, 0.05) is 38.6 Å². The molecule has 10 heteroatoms. The van der Waals surface area contributed by atoms with Gasteiger partial charge in [0.1, 0.15) is 17.1 Å². The number of aromatic nitrogens is 3. The number of benzene rings is 2. The van der Waals surface area contributed by atoms with Gasteiger partial charge >= 0.3 is 0 Å². The normalized spacial score (nSPS) is 11.9. The Morgan fingerprint density at radius 1 is 1.05 bits per heavy atom. The number of ether oxygens (including phenoxy) is 2. The molecule has 4 aromatic rings. The molecular weight excluding hydrogens is 544 g/mol. The number of nitrogens with two attached hydrogens (primary N) is 1. The highest BCUT2D eigenvalue weighted by molar-refractivity contribution is 6.06. The van der Waals surface area contributed by atoms with Gasteiger partial charge in [-0.25, -0.2) is 9.97 Å². The van der Waals surface area contributed by atoms with E-state index < -0.39 is 5.60 Å². The molecule has 0 fully saturated rings. The number of likely N-dealkylation sites (N-methyl/N-ethyl adjacent to an activating group) is 1. The fourth-order valence-corrected chi connectivity index (χ4v) is 5.08. The average Bonchev–Trinajstić information content (AvgIpc) is 3.35. The van der Waals surface area contributed by atoms with E-state index in [1.165, 1.54) is 6.92 Å². The molecule has 0 unspecified atom stereocenters. The summed E-state index contributed by atoms with van der Waals surface area (Å²) in [6.07, 6.45) is 0.595. The maximum Gasteiger partial charge on any atom is 0.237 e. The lowest BCUT2D eigenvalue weighted by Gasteiger charge is -2.28. The number of anilines is 1. The Balaban J connectivity index is 1.69.